The minimum absolute atomic E-state index is 0.445. The molecular weight excluding hydrogens is 335 g/mol. The van der Waals surface area contributed by atoms with Gasteiger partial charge in [-0.1, -0.05) is 42.5 Å². The maximum Gasteiger partial charge on any atom is 0.416 e. The second-order valence-corrected chi connectivity index (χ2v) is 5.70. The Bertz CT molecular complexity index is 865. The van der Waals surface area contributed by atoms with E-state index < -0.39 is 11.7 Å². The Kier molecular flexibility index (Phi) is 4.53. The van der Waals surface area contributed by atoms with Crippen LogP contribution in [0.15, 0.2) is 54.6 Å². The standard InChI is InChI=1S/C17H14F3N3S/c18-17(19,20)14-8-6-13(7-9-14)15-21-22-16(24)23(15)11-10-12-4-2-1-3-5-12/h1-9H,10-11H2,(H,22,24). The Labute approximate surface area is 141 Å². The van der Waals surface area contributed by atoms with Gasteiger partial charge in [-0.2, -0.15) is 18.3 Å². The number of benzene rings is 2. The third-order valence-electron chi connectivity index (χ3n) is 3.70. The summed E-state index contributed by atoms with van der Waals surface area (Å²) in [6, 6.07) is 14.8. The van der Waals surface area contributed by atoms with Crippen LogP contribution in [0.2, 0.25) is 0 Å². The second kappa shape index (κ2) is 6.60. The molecule has 0 aliphatic rings. The number of nitrogens with one attached hydrogen (secondary N) is 1. The van der Waals surface area contributed by atoms with Crippen molar-refractivity contribution in [2.24, 2.45) is 0 Å². The topological polar surface area (TPSA) is 33.6 Å². The van der Waals surface area contributed by atoms with Crippen molar-refractivity contribution in [2.45, 2.75) is 19.1 Å². The minimum Gasteiger partial charge on any atom is -0.300 e. The molecule has 3 rings (SSSR count). The summed E-state index contributed by atoms with van der Waals surface area (Å²) in [4.78, 5) is 0. The molecule has 0 bridgehead atoms. The van der Waals surface area contributed by atoms with Gasteiger partial charge in [0.05, 0.1) is 5.56 Å². The molecule has 0 radical (unpaired) electrons. The number of rotatable bonds is 4. The first-order valence-corrected chi connectivity index (χ1v) is 7.73. The number of nitrogens with zero attached hydrogens (tertiary/aromatic N) is 2. The van der Waals surface area contributed by atoms with Gasteiger partial charge in [0.25, 0.3) is 0 Å². The van der Waals surface area contributed by atoms with Crippen LogP contribution in [-0.2, 0) is 19.1 Å². The normalized spacial score (nSPS) is 11.6. The average molecular weight is 349 g/mol. The molecule has 1 aromatic heterocycles. The van der Waals surface area contributed by atoms with Crippen LogP contribution in [0.4, 0.5) is 13.2 Å². The molecule has 0 unspecified atom stereocenters. The lowest BCUT2D eigenvalue weighted by molar-refractivity contribution is -0.137. The van der Waals surface area contributed by atoms with Crippen LogP contribution < -0.4 is 0 Å². The van der Waals surface area contributed by atoms with Crippen molar-refractivity contribution in [1.29, 1.82) is 0 Å². The molecule has 1 heterocycles. The Morgan fingerprint density at radius 1 is 1.00 bits per heavy atom. The van der Waals surface area contributed by atoms with E-state index in [1.165, 1.54) is 12.1 Å². The van der Waals surface area contributed by atoms with Gasteiger partial charge < -0.3 is 0 Å². The highest BCUT2D eigenvalue weighted by Crippen LogP contribution is 2.30. The van der Waals surface area contributed by atoms with Crippen molar-refractivity contribution in [2.75, 3.05) is 0 Å². The molecule has 124 valence electrons. The largest absolute Gasteiger partial charge is 0.416 e. The maximum atomic E-state index is 12.7. The first kappa shape index (κ1) is 16.4. The Hall–Kier alpha value is -2.41. The lowest BCUT2D eigenvalue weighted by Crippen LogP contribution is -2.06. The van der Waals surface area contributed by atoms with Gasteiger partial charge in [0.1, 0.15) is 0 Å². The molecule has 3 aromatic rings. The predicted molar refractivity (Wildman–Crippen MR) is 88.0 cm³/mol. The monoisotopic (exact) mass is 349 g/mol. The lowest BCUT2D eigenvalue weighted by Gasteiger charge is -2.09. The number of alkyl halides is 3. The molecule has 0 saturated heterocycles. The third-order valence-corrected chi connectivity index (χ3v) is 4.01. The Morgan fingerprint density at radius 3 is 2.29 bits per heavy atom. The van der Waals surface area contributed by atoms with E-state index in [-0.39, 0.29) is 0 Å². The van der Waals surface area contributed by atoms with Gasteiger partial charge in [0, 0.05) is 12.1 Å². The smallest absolute Gasteiger partial charge is 0.300 e. The molecule has 7 heteroatoms. The number of aromatic amines is 1. The maximum absolute atomic E-state index is 12.7. The van der Waals surface area contributed by atoms with Crippen molar-refractivity contribution in [3.05, 3.63) is 70.5 Å². The SMILES string of the molecule is FC(F)(F)c1ccc(-c2n[nH]c(=S)n2CCc2ccccc2)cc1. The Morgan fingerprint density at radius 2 is 1.67 bits per heavy atom. The van der Waals surface area contributed by atoms with Crippen LogP contribution in [0.3, 0.4) is 0 Å². The highest BCUT2D eigenvalue weighted by molar-refractivity contribution is 7.71. The van der Waals surface area contributed by atoms with Gasteiger partial charge in [-0.25, -0.2) is 0 Å². The summed E-state index contributed by atoms with van der Waals surface area (Å²) >= 11 is 5.24. The van der Waals surface area contributed by atoms with Crippen LogP contribution in [0.1, 0.15) is 11.1 Å². The molecule has 0 aliphatic carbocycles. The molecule has 0 atom stereocenters. The fourth-order valence-electron chi connectivity index (χ4n) is 2.44. The van der Waals surface area contributed by atoms with Gasteiger partial charge >= 0.3 is 6.18 Å². The molecule has 3 nitrogen and oxygen atoms in total. The van der Waals surface area contributed by atoms with Gasteiger partial charge in [0.2, 0.25) is 0 Å². The number of hydrogen-bond donors (Lipinski definition) is 1. The van der Waals surface area contributed by atoms with E-state index in [0.717, 1.165) is 24.1 Å². The van der Waals surface area contributed by atoms with Crippen molar-refractivity contribution < 1.29 is 13.2 Å². The van der Waals surface area contributed by atoms with Crippen LogP contribution in [-0.4, -0.2) is 14.8 Å². The summed E-state index contributed by atoms with van der Waals surface area (Å²) in [6.07, 6.45) is -3.60. The quantitative estimate of drug-likeness (QED) is 0.682. The van der Waals surface area contributed by atoms with Gasteiger partial charge in [0.15, 0.2) is 10.6 Å². The summed E-state index contributed by atoms with van der Waals surface area (Å²) in [7, 11) is 0. The second-order valence-electron chi connectivity index (χ2n) is 5.31. The van der Waals surface area contributed by atoms with Crippen LogP contribution >= 0.6 is 12.2 Å². The molecule has 1 N–H and O–H groups in total. The van der Waals surface area contributed by atoms with Gasteiger partial charge in [-0.15, -0.1) is 0 Å². The number of halogens is 3. The minimum atomic E-state index is -4.35. The molecule has 0 spiro atoms. The van der Waals surface area contributed by atoms with Gasteiger partial charge in [-0.3, -0.25) is 9.67 Å². The van der Waals surface area contributed by atoms with Crippen molar-refractivity contribution in [3.8, 4) is 11.4 Å². The number of aromatic nitrogens is 3. The average Bonchev–Trinajstić information content (AvgIpc) is 2.94. The number of hydrogen-bond acceptors (Lipinski definition) is 2. The van der Waals surface area contributed by atoms with Crippen molar-refractivity contribution >= 4 is 12.2 Å². The summed E-state index contributed by atoms with van der Waals surface area (Å²) < 4.78 is 40.3. The molecule has 0 fully saturated rings. The van der Waals surface area contributed by atoms with E-state index in [4.69, 9.17) is 12.2 Å². The van der Waals surface area contributed by atoms with Crippen LogP contribution in [0, 0.1) is 4.77 Å². The lowest BCUT2D eigenvalue weighted by atomic mass is 10.1. The summed E-state index contributed by atoms with van der Waals surface area (Å²) in [6.45, 7) is 0.593. The van der Waals surface area contributed by atoms with E-state index in [1.54, 1.807) is 4.57 Å². The van der Waals surface area contributed by atoms with E-state index in [9.17, 15) is 13.2 Å². The first-order valence-electron chi connectivity index (χ1n) is 7.32. The van der Waals surface area contributed by atoms with E-state index in [2.05, 4.69) is 10.2 Å². The molecule has 2 aromatic carbocycles. The summed E-state index contributed by atoms with van der Waals surface area (Å²) in [5.74, 6) is 0.532. The number of aryl methyl sites for hydroxylation is 1. The van der Waals surface area contributed by atoms with Crippen LogP contribution in [0.25, 0.3) is 11.4 Å². The van der Waals surface area contributed by atoms with Gasteiger partial charge in [-0.05, 0) is 36.3 Å². The first-order chi connectivity index (χ1) is 11.4. The summed E-state index contributed by atoms with van der Waals surface area (Å²) in [5.41, 5.74) is 1.05. The zero-order chi connectivity index (χ0) is 17.2. The molecule has 0 amide bonds. The Balaban J connectivity index is 1.86. The number of H-pyrrole nitrogens is 1. The van der Waals surface area contributed by atoms with E-state index in [1.807, 2.05) is 30.3 Å². The fraction of sp³-hybridized carbons (Fsp3) is 0.176. The van der Waals surface area contributed by atoms with Crippen molar-refractivity contribution in [1.82, 2.24) is 14.8 Å². The van der Waals surface area contributed by atoms with E-state index >= 15 is 0 Å². The molecule has 0 aliphatic heterocycles. The summed E-state index contributed by atoms with van der Waals surface area (Å²) in [5, 5.41) is 6.87. The van der Waals surface area contributed by atoms with E-state index in [0.29, 0.717) is 22.7 Å². The highest BCUT2D eigenvalue weighted by Gasteiger charge is 2.30. The fourth-order valence-corrected chi connectivity index (χ4v) is 2.66. The predicted octanol–water partition coefficient (Wildman–Crippen LogP) is 4.87. The zero-order valence-electron chi connectivity index (χ0n) is 12.5. The highest BCUT2D eigenvalue weighted by atomic mass is 32.1. The molecular formula is C17H14F3N3S. The molecule has 24 heavy (non-hydrogen) atoms. The third kappa shape index (κ3) is 3.56. The molecule has 0 saturated carbocycles. The zero-order valence-corrected chi connectivity index (χ0v) is 13.4. The van der Waals surface area contributed by atoms with Crippen molar-refractivity contribution in [3.63, 3.8) is 0 Å². The van der Waals surface area contributed by atoms with Crippen LogP contribution in [0.5, 0.6) is 0 Å².